The number of thioether (sulfide) groups is 1. The lowest BCUT2D eigenvalue weighted by molar-refractivity contribution is -0.147. The largest absolute Gasteiger partial charge is 0.514 e. The minimum absolute atomic E-state index is 0.0718. The van der Waals surface area contributed by atoms with Gasteiger partial charge in [-0.2, -0.15) is 0 Å². The molecule has 1 aromatic heterocycles. The number of pyridine rings is 1. The molecular weight excluding hydrogens is 624 g/mol. The number of hydrogen-bond donors (Lipinski definition) is 0. The van der Waals surface area contributed by atoms with Gasteiger partial charge < -0.3 is 23.8 Å². The van der Waals surface area contributed by atoms with Crippen molar-refractivity contribution in [2.75, 3.05) is 31.4 Å². The lowest BCUT2D eigenvalue weighted by Crippen LogP contribution is -2.66. The molecule has 0 bridgehead atoms. The predicted molar refractivity (Wildman–Crippen MR) is 161 cm³/mol. The molecule has 3 aliphatic heterocycles. The molecule has 0 saturated carbocycles. The first-order valence-electron chi connectivity index (χ1n) is 14.7. The van der Waals surface area contributed by atoms with Crippen LogP contribution in [-0.4, -0.2) is 65.7 Å². The van der Waals surface area contributed by atoms with E-state index < -0.39 is 58.7 Å². The van der Waals surface area contributed by atoms with Crippen LogP contribution < -0.4 is 15.2 Å². The van der Waals surface area contributed by atoms with Crippen LogP contribution in [0.15, 0.2) is 58.4 Å². The third-order valence-electron chi connectivity index (χ3n) is 7.95. The fraction of sp³-hybridized carbons (Fsp3) is 0.375. The molecular formula is C32H31F2N3O8S. The maximum Gasteiger partial charge on any atom is 0.514 e. The monoisotopic (exact) mass is 655 g/mol. The molecule has 3 aromatic rings. The highest BCUT2D eigenvalue weighted by Crippen LogP contribution is 2.45. The fourth-order valence-corrected chi connectivity index (χ4v) is 7.11. The second-order valence-electron chi connectivity index (χ2n) is 11.5. The van der Waals surface area contributed by atoms with Crippen molar-refractivity contribution in [1.29, 1.82) is 0 Å². The van der Waals surface area contributed by atoms with E-state index in [0.717, 1.165) is 22.6 Å². The summed E-state index contributed by atoms with van der Waals surface area (Å²) >= 11 is 1.36. The van der Waals surface area contributed by atoms with Crippen LogP contribution in [0, 0.1) is 11.6 Å². The zero-order valence-corrected chi connectivity index (χ0v) is 26.1. The summed E-state index contributed by atoms with van der Waals surface area (Å²) in [4.78, 5) is 54.7. The Labute approximate surface area is 266 Å². The standard InChI is InChI=1S/C32H31F2N3O8S/c1-4-43-25(39)15-32(2,3)45-31(41)44-29-22(38)11-12-36-28(29)30(40)35-13-14-42-16-24(35)37(36)27-18-9-10-21(33)26(34)20(18)17-46-23-8-6-5-7-19(23)27/h5-12,24,27H,4,13-17H2,1-3H3/t24-,27+/m1/s1. The Morgan fingerprint density at radius 3 is 2.65 bits per heavy atom. The lowest BCUT2D eigenvalue weighted by atomic mass is 9.93. The van der Waals surface area contributed by atoms with Crippen LogP contribution in [0.2, 0.25) is 0 Å². The van der Waals surface area contributed by atoms with E-state index >= 15 is 4.39 Å². The molecule has 6 rings (SSSR count). The van der Waals surface area contributed by atoms with Gasteiger partial charge in [-0.15, -0.1) is 11.8 Å². The Morgan fingerprint density at radius 1 is 1.09 bits per heavy atom. The normalized spacial score (nSPS) is 18.8. The molecule has 2 atom stereocenters. The van der Waals surface area contributed by atoms with Crippen molar-refractivity contribution >= 4 is 29.8 Å². The smallest absolute Gasteiger partial charge is 0.466 e. The number of aromatic nitrogens is 1. The predicted octanol–water partition coefficient (Wildman–Crippen LogP) is 4.52. The number of esters is 1. The summed E-state index contributed by atoms with van der Waals surface area (Å²) in [6.45, 7) is 5.17. The lowest BCUT2D eigenvalue weighted by Gasteiger charge is -2.51. The minimum atomic E-state index is -1.36. The van der Waals surface area contributed by atoms with Gasteiger partial charge in [0.05, 0.1) is 32.3 Å². The summed E-state index contributed by atoms with van der Waals surface area (Å²) < 4.78 is 52.9. The van der Waals surface area contributed by atoms with Crippen LogP contribution in [0.25, 0.3) is 0 Å². The first-order chi connectivity index (χ1) is 22.0. The minimum Gasteiger partial charge on any atom is -0.466 e. The Morgan fingerprint density at radius 2 is 1.87 bits per heavy atom. The van der Waals surface area contributed by atoms with Gasteiger partial charge >= 0.3 is 12.1 Å². The van der Waals surface area contributed by atoms with Crippen LogP contribution >= 0.6 is 11.8 Å². The van der Waals surface area contributed by atoms with Crippen molar-refractivity contribution in [2.45, 2.75) is 55.6 Å². The molecule has 0 radical (unpaired) electrons. The molecule has 0 N–H and O–H groups in total. The molecule has 14 heteroatoms. The zero-order chi connectivity index (χ0) is 32.7. The molecule has 4 heterocycles. The number of carbonyl (C=O) groups is 3. The number of fused-ring (bicyclic) bond motifs is 4. The first-order valence-corrected chi connectivity index (χ1v) is 15.7. The van der Waals surface area contributed by atoms with Gasteiger partial charge in [-0.25, -0.2) is 13.6 Å². The molecule has 1 fully saturated rings. The summed E-state index contributed by atoms with van der Waals surface area (Å²) in [7, 11) is 0. The molecule has 3 aliphatic rings. The SMILES string of the molecule is CCOC(=O)CC(C)(C)OC(=O)Oc1c2n(ccc1=O)N([C@@H]1c3ccccc3SCc3c1ccc(F)c3F)[C@@H]1COCCN1C2=O. The highest BCUT2D eigenvalue weighted by Gasteiger charge is 2.47. The topological polar surface area (TPSA) is 117 Å². The van der Waals surface area contributed by atoms with Gasteiger partial charge in [-0.3, -0.25) is 24.1 Å². The van der Waals surface area contributed by atoms with E-state index in [1.807, 2.05) is 24.3 Å². The molecule has 11 nitrogen and oxygen atoms in total. The molecule has 0 unspecified atom stereocenters. The van der Waals surface area contributed by atoms with Crippen molar-refractivity contribution < 1.29 is 42.1 Å². The second kappa shape index (κ2) is 12.4. The Hall–Kier alpha value is -4.43. The van der Waals surface area contributed by atoms with E-state index in [-0.39, 0.29) is 49.8 Å². The van der Waals surface area contributed by atoms with Gasteiger partial charge in [0.2, 0.25) is 11.2 Å². The molecule has 0 spiro atoms. The van der Waals surface area contributed by atoms with Crippen molar-refractivity contribution in [3.05, 3.63) is 92.9 Å². The van der Waals surface area contributed by atoms with Crippen molar-refractivity contribution in [3.8, 4) is 5.75 Å². The third-order valence-corrected chi connectivity index (χ3v) is 9.07. The summed E-state index contributed by atoms with van der Waals surface area (Å²) in [6, 6.07) is 10.4. The maximum atomic E-state index is 15.4. The Bertz CT molecular complexity index is 1780. The summed E-state index contributed by atoms with van der Waals surface area (Å²) in [5, 5.41) is 1.76. The van der Waals surface area contributed by atoms with Crippen LogP contribution in [0.1, 0.15) is 60.4 Å². The van der Waals surface area contributed by atoms with Crippen molar-refractivity contribution in [3.63, 3.8) is 0 Å². The average Bonchev–Trinajstić information content (AvgIpc) is 3.17. The van der Waals surface area contributed by atoms with E-state index in [1.54, 1.807) is 11.9 Å². The van der Waals surface area contributed by atoms with Crippen molar-refractivity contribution in [2.24, 2.45) is 0 Å². The molecule has 2 aromatic carbocycles. The highest BCUT2D eigenvalue weighted by atomic mass is 32.2. The number of amides is 1. The Kier molecular flexibility index (Phi) is 8.51. The summed E-state index contributed by atoms with van der Waals surface area (Å²) in [6.07, 6.45) is -0.936. The van der Waals surface area contributed by atoms with Gasteiger partial charge in [0.25, 0.3) is 5.91 Å². The van der Waals surface area contributed by atoms with Crippen LogP contribution in [0.5, 0.6) is 5.75 Å². The third kappa shape index (κ3) is 5.71. The molecule has 242 valence electrons. The summed E-state index contributed by atoms with van der Waals surface area (Å²) in [5.74, 6) is -3.57. The van der Waals surface area contributed by atoms with Gasteiger partial charge in [0, 0.05) is 35.0 Å². The van der Waals surface area contributed by atoms with E-state index in [9.17, 15) is 23.6 Å². The number of hydrogen-bond acceptors (Lipinski definition) is 10. The van der Waals surface area contributed by atoms with Crippen molar-refractivity contribution in [1.82, 2.24) is 9.58 Å². The number of benzene rings is 2. The van der Waals surface area contributed by atoms with Gasteiger partial charge in [0.15, 0.2) is 17.3 Å². The molecule has 1 amide bonds. The highest BCUT2D eigenvalue weighted by molar-refractivity contribution is 7.98. The number of carbonyl (C=O) groups excluding carboxylic acids is 3. The zero-order valence-electron chi connectivity index (χ0n) is 25.3. The average molecular weight is 656 g/mol. The Balaban J connectivity index is 1.49. The van der Waals surface area contributed by atoms with Crippen LogP contribution in [0.4, 0.5) is 13.6 Å². The maximum absolute atomic E-state index is 15.4. The second-order valence-corrected chi connectivity index (χ2v) is 12.5. The number of rotatable bonds is 6. The van der Waals surface area contributed by atoms with E-state index in [2.05, 4.69) is 0 Å². The summed E-state index contributed by atoms with van der Waals surface area (Å²) in [5.41, 5.74) is -1.00. The number of nitrogens with zero attached hydrogens (tertiary/aromatic N) is 3. The van der Waals surface area contributed by atoms with Crippen LogP contribution in [-0.2, 0) is 24.8 Å². The van der Waals surface area contributed by atoms with Gasteiger partial charge in [-0.1, -0.05) is 24.3 Å². The number of halogens is 2. The van der Waals surface area contributed by atoms with E-state index in [1.165, 1.54) is 47.4 Å². The quantitative estimate of drug-likeness (QED) is 0.351. The first kappa shape index (κ1) is 31.5. The number of morpholine rings is 1. The van der Waals surface area contributed by atoms with Gasteiger partial charge in [-0.05, 0) is 44.0 Å². The molecule has 1 saturated heterocycles. The van der Waals surface area contributed by atoms with E-state index in [0.29, 0.717) is 5.56 Å². The fourth-order valence-electron chi connectivity index (χ4n) is 5.99. The molecule has 46 heavy (non-hydrogen) atoms. The van der Waals surface area contributed by atoms with Crippen LogP contribution in [0.3, 0.4) is 0 Å². The van der Waals surface area contributed by atoms with E-state index in [4.69, 9.17) is 18.9 Å². The van der Waals surface area contributed by atoms with Gasteiger partial charge in [0.1, 0.15) is 11.8 Å². The molecule has 0 aliphatic carbocycles. The number of ether oxygens (including phenoxy) is 4.